The highest BCUT2D eigenvalue weighted by molar-refractivity contribution is 7.90. The van der Waals surface area contributed by atoms with Gasteiger partial charge in [-0.3, -0.25) is 23.7 Å². The number of nitrogens with zero attached hydrogens (tertiary/aromatic N) is 9. The largest absolute Gasteiger partial charge is 0.390 e. The fourth-order valence-corrected chi connectivity index (χ4v) is 12.4. The summed E-state index contributed by atoms with van der Waals surface area (Å²) in [6.45, 7) is 6.21. The Morgan fingerprint density at radius 2 is 1.72 bits per heavy atom. The average molecular weight is 935 g/mol. The predicted octanol–water partition coefficient (Wildman–Crippen LogP) is 4.78. The van der Waals surface area contributed by atoms with E-state index in [1.54, 1.807) is 60.1 Å². The first-order chi connectivity index (χ1) is 30.2. The number of sulfonamides is 1. The lowest BCUT2D eigenvalue weighted by molar-refractivity contribution is -0.121. The van der Waals surface area contributed by atoms with E-state index in [4.69, 9.17) is 21.6 Å². The van der Waals surface area contributed by atoms with Gasteiger partial charge in [-0.2, -0.15) is 19.4 Å². The summed E-state index contributed by atoms with van der Waals surface area (Å²) in [7, 11) is -5.18. The van der Waals surface area contributed by atoms with Crippen molar-refractivity contribution in [3.63, 3.8) is 0 Å². The van der Waals surface area contributed by atoms with Gasteiger partial charge < -0.3 is 15.7 Å². The van der Waals surface area contributed by atoms with Crippen molar-refractivity contribution in [1.82, 2.24) is 38.6 Å². The van der Waals surface area contributed by atoms with Crippen LogP contribution in [-0.2, 0) is 42.9 Å². The van der Waals surface area contributed by atoms with Gasteiger partial charge in [0.05, 0.1) is 23.0 Å². The first-order valence-electron chi connectivity index (χ1n) is 21.5. The molecule has 4 aliphatic rings. The molecular formula is C43H52ClN11O7S2. The highest BCUT2D eigenvalue weighted by Crippen LogP contribution is 2.58. The van der Waals surface area contributed by atoms with E-state index in [0.717, 1.165) is 11.1 Å². The molecule has 4 aromatic heterocycles. The van der Waals surface area contributed by atoms with Crippen molar-refractivity contribution in [1.29, 1.82) is 0 Å². The number of aliphatic hydroxyl groups is 1. The van der Waals surface area contributed by atoms with Crippen LogP contribution in [0.4, 0.5) is 23.4 Å². The molecular weight excluding hydrogens is 882 g/mol. The topological polar surface area (TPSA) is 228 Å². The monoisotopic (exact) mass is 933 g/mol. The number of halogens is 1. The zero-order valence-electron chi connectivity index (χ0n) is 36.3. The van der Waals surface area contributed by atoms with Crippen molar-refractivity contribution in [2.45, 2.75) is 112 Å². The third-order valence-corrected chi connectivity index (χ3v) is 16.5. The van der Waals surface area contributed by atoms with Gasteiger partial charge >= 0.3 is 0 Å². The van der Waals surface area contributed by atoms with E-state index in [1.807, 2.05) is 13.8 Å². The summed E-state index contributed by atoms with van der Waals surface area (Å²) in [5.41, 5.74) is 1.04. The summed E-state index contributed by atoms with van der Waals surface area (Å²) < 4.78 is 54.5. The number of hydrogen-bond acceptors (Lipinski definition) is 14. The molecule has 4 atom stereocenters. The zero-order valence-corrected chi connectivity index (χ0v) is 38.7. The molecule has 0 bridgehead atoms. The van der Waals surface area contributed by atoms with Gasteiger partial charge in [0.1, 0.15) is 21.4 Å². The number of benzene rings is 1. The van der Waals surface area contributed by atoms with Gasteiger partial charge in [-0.25, -0.2) is 26.8 Å². The number of fused-ring (bicyclic) bond motifs is 3. The first kappa shape index (κ1) is 44.2. The Morgan fingerprint density at radius 1 is 0.984 bits per heavy atom. The number of rotatable bonds is 12. The number of amides is 1. The van der Waals surface area contributed by atoms with Crippen molar-refractivity contribution in [2.24, 2.45) is 13.0 Å². The predicted molar refractivity (Wildman–Crippen MR) is 242 cm³/mol. The van der Waals surface area contributed by atoms with Crippen LogP contribution < -0.4 is 21.1 Å². The van der Waals surface area contributed by atoms with E-state index in [1.165, 1.54) is 27.6 Å². The van der Waals surface area contributed by atoms with Crippen LogP contribution in [0.3, 0.4) is 0 Å². The number of nitrogens with one attached hydrogen (secondary N) is 2. The smallest absolute Gasteiger partial charge is 0.271 e. The van der Waals surface area contributed by atoms with Gasteiger partial charge in [0, 0.05) is 79.7 Å². The van der Waals surface area contributed by atoms with E-state index in [0.29, 0.717) is 98.5 Å². The minimum absolute atomic E-state index is 0.0171. The number of aryl methyl sites for hydroxylation is 2. The maximum Gasteiger partial charge on any atom is 0.271 e. The van der Waals surface area contributed by atoms with Gasteiger partial charge in [0.25, 0.3) is 5.56 Å². The molecule has 1 amide bonds. The second kappa shape index (κ2) is 16.1. The standard InChI is InChI=1S/C43H52ClN11O7S2/c1-25-16-27(24-63(5,59)60)6-9-35(25)49-41-45-20-28-18-34(44)38(56)54(36(28)50-41)26(2)17-29-7-8-31(19-42(29,3)58)55-37-33(43(12-13-43)39(55)57)22-46-40(51-37)48-30-10-14-53(15-11-30)64(61,62)32-21-47-52(4)23-32/h6,9,16,18,20-23,26,29-31,58H,7-8,10-15,17,19,24H2,1-5H3,(H,45,49,50)(H,46,48,51)/t26?,29?,31?,42-/m0/s1. The quantitative estimate of drug-likeness (QED) is 0.153. The lowest BCUT2D eigenvalue weighted by atomic mass is 9.71. The Hall–Kier alpha value is -5.02. The maximum absolute atomic E-state index is 14.3. The number of piperidine rings is 1. The van der Waals surface area contributed by atoms with E-state index in [-0.39, 0.29) is 45.5 Å². The van der Waals surface area contributed by atoms with E-state index >= 15 is 0 Å². The number of carbonyl (C=O) groups excluding carboxylic acids is 1. The van der Waals surface area contributed by atoms with Crippen LogP contribution >= 0.6 is 11.6 Å². The molecule has 3 fully saturated rings. The van der Waals surface area contributed by atoms with Gasteiger partial charge in [-0.15, -0.1) is 0 Å². The van der Waals surface area contributed by atoms with Crippen molar-refractivity contribution in [3.05, 3.63) is 81.1 Å². The highest BCUT2D eigenvalue weighted by atomic mass is 35.5. The molecule has 2 aliphatic carbocycles. The molecule has 2 saturated carbocycles. The summed E-state index contributed by atoms with van der Waals surface area (Å²) in [5.74, 6) is 0.839. The Kier molecular flexibility index (Phi) is 11.1. The maximum atomic E-state index is 14.3. The van der Waals surface area contributed by atoms with Crippen LogP contribution in [0, 0.1) is 12.8 Å². The molecule has 9 rings (SSSR count). The van der Waals surface area contributed by atoms with Crippen molar-refractivity contribution in [3.8, 4) is 0 Å². The van der Waals surface area contributed by atoms with Gasteiger partial charge in [0.15, 0.2) is 9.84 Å². The highest BCUT2D eigenvalue weighted by Gasteiger charge is 2.62. The van der Waals surface area contributed by atoms with Crippen LogP contribution in [0.2, 0.25) is 5.02 Å². The number of hydrogen-bond donors (Lipinski definition) is 3. The molecule has 18 nitrogen and oxygen atoms in total. The van der Waals surface area contributed by atoms with Gasteiger partial charge in [-0.1, -0.05) is 23.7 Å². The number of aromatic nitrogens is 7. The first-order valence-corrected chi connectivity index (χ1v) is 25.4. The van der Waals surface area contributed by atoms with Gasteiger partial charge in [-0.05, 0) is 101 Å². The van der Waals surface area contributed by atoms with E-state index in [9.17, 15) is 31.5 Å². The molecule has 64 heavy (non-hydrogen) atoms. The molecule has 1 spiro atoms. The van der Waals surface area contributed by atoms with E-state index < -0.39 is 42.5 Å². The minimum Gasteiger partial charge on any atom is -0.390 e. The van der Waals surface area contributed by atoms with E-state index in [2.05, 4.69) is 25.7 Å². The molecule has 3 N–H and O–H groups in total. The second-order valence-electron chi connectivity index (χ2n) is 18.4. The van der Waals surface area contributed by atoms with Gasteiger partial charge in [0.2, 0.25) is 27.8 Å². The average Bonchev–Trinajstić information content (AvgIpc) is 3.85. The normalized spacial score (nSPS) is 23.1. The minimum atomic E-state index is -3.66. The molecule has 340 valence electrons. The van der Waals surface area contributed by atoms with Crippen molar-refractivity contribution >= 4 is 71.8 Å². The Morgan fingerprint density at radius 3 is 2.38 bits per heavy atom. The fourth-order valence-electron chi connectivity index (χ4n) is 9.95. The Labute approximate surface area is 376 Å². The number of sulfone groups is 1. The Balaban J connectivity index is 0.896. The summed E-state index contributed by atoms with van der Waals surface area (Å²) in [5, 5.41) is 23.4. The van der Waals surface area contributed by atoms with Crippen molar-refractivity contribution in [2.75, 3.05) is 34.9 Å². The molecule has 2 aliphatic heterocycles. The zero-order chi connectivity index (χ0) is 45.5. The Bertz CT molecular complexity index is 2970. The second-order valence-corrected chi connectivity index (χ2v) is 22.9. The van der Waals surface area contributed by atoms with Crippen LogP contribution in [0.1, 0.15) is 87.9 Å². The van der Waals surface area contributed by atoms with Crippen LogP contribution in [-0.4, -0.2) is 103 Å². The third-order valence-electron chi connectivity index (χ3n) is 13.5. The van der Waals surface area contributed by atoms with Crippen LogP contribution in [0.5, 0.6) is 0 Å². The number of pyridine rings is 1. The molecule has 21 heteroatoms. The van der Waals surface area contributed by atoms with Crippen molar-refractivity contribution < 1.29 is 26.7 Å². The molecule has 3 unspecified atom stereocenters. The third kappa shape index (κ3) is 8.27. The molecule has 1 saturated heterocycles. The van der Waals surface area contributed by atoms with Crippen LogP contribution in [0.15, 0.2) is 58.7 Å². The molecule has 5 aromatic rings. The fraction of sp³-hybridized carbons (Fsp3) is 0.512. The lowest BCUT2D eigenvalue weighted by Gasteiger charge is -2.44. The summed E-state index contributed by atoms with van der Waals surface area (Å²) in [4.78, 5) is 48.8. The SMILES string of the molecule is Cc1cc(CS(C)(=O)=O)ccc1Nc1ncc2cc(Cl)c(=O)n(C(C)CC3CCC(N4C(=O)C5(CC5)c5cnc(NC6CCN(S(=O)(=O)c7cnn(C)c7)CC6)nc54)C[C@]3(C)O)c2n1. The molecule has 1 aromatic carbocycles. The molecule has 6 heterocycles. The summed E-state index contributed by atoms with van der Waals surface area (Å²) >= 11 is 6.50. The van der Waals surface area contributed by atoms with Crippen LogP contribution in [0.25, 0.3) is 11.0 Å². The summed E-state index contributed by atoms with van der Waals surface area (Å²) in [6.07, 6.45) is 11.8. The molecule has 0 radical (unpaired) electrons. The number of anilines is 4. The number of carbonyl (C=O) groups is 1. The lowest BCUT2D eigenvalue weighted by Crippen LogP contribution is -2.51. The summed E-state index contributed by atoms with van der Waals surface area (Å²) in [6, 6.07) is 6.01.